The van der Waals surface area contributed by atoms with Gasteiger partial charge in [-0.2, -0.15) is 0 Å². The van der Waals surface area contributed by atoms with E-state index in [2.05, 4.69) is 56.2 Å². The summed E-state index contributed by atoms with van der Waals surface area (Å²) in [5, 5.41) is 10.2. The Hall–Kier alpha value is -1.67. The number of aromatic nitrogens is 1. The van der Waals surface area contributed by atoms with Crippen molar-refractivity contribution in [2.75, 3.05) is 0 Å². The summed E-state index contributed by atoms with van der Waals surface area (Å²) < 4.78 is 0. The van der Waals surface area contributed by atoms with E-state index >= 15 is 0 Å². The molecule has 27 heavy (non-hydrogen) atoms. The highest BCUT2D eigenvalue weighted by atomic mass is 16.3. The van der Waals surface area contributed by atoms with E-state index in [1.54, 1.807) is 11.1 Å². The molecule has 1 aromatic heterocycles. The fraction of sp³-hybridized carbons (Fsp3) is 0.560. The molecule has 4 aliphatic carbocycles. The van der Waals surface area contributed by atoms with Crippen LogP contribution in [0.5, 0.6) is 0 Å². The number of hydrogen-bond acceptors (Lipinski definition) is 2. The Morgan fingerprint density at radius 2 is 2.00 bits per heavy atom. The first kappa shape index (κ1) is 17.4. The zero-order valence-electron chi connectivity index (χ0n) is 16.8. The second-order valence-electron chi connectivity index (χ2n) is 9.76. The van der Waals surface area contributed by atoms with Crippen molar-refractivity contribution in [3.8, 4) is 0 Å². The van der Waals surface area contributed by atoms with E-state index in [1.807, 2.05) is 6.20 Å². The maximum atomic E-state index is 10.2. The average molecular weight is 362 g/mol. The molecular weight excluding hydrogens is 330 g/mol. The van der Waals surface area contributed by atoms with Gasteiger partial charge in [0.15, 0.2) is 0 Å². The first-order chi connectivity index (χ1) is 12.9. The largest absolute Gasteiger partial charge is 0.393 e. The van der Waals surface area contributed by atoms with Crippen molar-refractivity contribution < 1.29 is 5.11 Å². The van der Waals surface area contributed by atoms with E-state index in [4.69, 9.17) is 0 Å². The standard InChI is InChI=1S/C25H31NO/c1-16-10-13-26-15-20(16)22-7-6-21-19-5-4-17-14-18(27)8-11-24(17,2)23(19)9-12-25(21,22)3/h4,6-7,10,13,15,18-19,23,27H,5,8-9,11-12,14H2,1-3H3/t18-,19-,23-,24-,25-/m0/s1. The highest BCUT2D eigenvalue weighted by Crippen LogP contribution is 2.64. The smallest absolute Gasteiger partial charge is 0.0577 e. The van der Waals surface area contributed by atoms with Gasteiger partial charge in [0.1, 0.15) is 0 Å². The van der Waals surface area contributed by atoms with Crippen molar-refractivity contribution in [1.29, 1.82) is 0 Å². The number of aryl methyl sites for hydroxylation is 1. The minimum Gasteiger partial charge on any atom is -0.393 e. The van der Waals surface area contributed by atoms with E-state index in [9.17, 15) is 5.11 Å². The van der Waals surface area contributed by atoms with Crippen molar-refractivity contribution in [3.05, 3.63) is 59.0 Å². The van der Waals surface area contributed by atoms with Gasteiger partial charge in [0.25, 0.3) is 0 Å². The molecular formula is C25H31NO. The molecule has 1 aromatic rings. The Balaban J connectivity index is 1.50. The molecule has 2 heteroatoms. The minimum absolute atomic E-state index is 0.123. The molecule has 0 spiro atoms. The molecule has 2 fully saturated rings. The van der Waals surface area contributed by atoms with Crippen LogP contribution in [0.3, 0.4) is 0 Å². The molecule has 0 saturated heterocycles. The normalized spacial score (nSPS) is 40.3. The summed E-state index contributed by atoms with van der Waals surface area (Å²) in [6.45, 7) is 7.15. The highest BCUT2D eigenvalue weighted by Gasteiger charge is 2.54. The maximum absolute atomic E-state index is 10.2. The Bertz CT molecular complexity index is 878. The lowest BCUT2D eigenvalue weighted by Gasteiger charge is -2.56. The second kappa shape index (κ2) is 5.91. The molecule has 0 amide bonds. The third kappa shape index (κ3) is 2.38. The second-order valence-corrected chi connectivity index (χ2v) is 9.76. The van der Waals surface area contributed by atoms with Crippen LogP contribution in [0.25, 0.3) is 5.57 Å². The highest BCUT2D eigenvalue weighted by molar-refractivity contribution is 5.79. The molecule has 0 bridgehead atoms. The van der Waals surface area contributed by atoms with Crippen LogP contribution < -0.4 is 0 Å². The van der Waals surface area contributed by atoms with Gasteiger partial charge >= 0.3 is 0 Å². The minimum atomic E-state index is -0.123. The van der Waals surface area contributed by atoms with Crippen LogP contribution in [0.1, 0.15) is 63.5 Å². The van der Waals surface area contributed by atoms with Crippen molar-refractivity contribution in [1.82, 2.24) is 4.98 Å². The summed E-state index contributed by atoms with van der Waals surface area (Å²) in [7, 11) is 0. The maximum Gasteiger partial charge on any atom is 0.0577 e. The van der Waals surface area contributed by atoms with Gasteiger partial charge in [0.05, 0.1) is 6.10 Å². The molecule has 4 aliphatic rings. The fourth-order valence-corrected chi connectivity index (χ4v) is 6.78. The summed E-state index contributed by atoms with van der Waals surface area (Å²) in [6.07, 6.45) is 17.8. The molecule has 5 atom stereocenters. The fourth-order valence-electron chi connectivity index (χ4n) is 6.78. The van der Waals surface area contributed by atoms with Crippen LogP contribution in [0.4, 0.5) is 0 Å². The van der Waals surface area contributed by atoms with E-state index in [0.717, 1.165) is 31.6 Å². The summed E-state index contributed by atoms with van der Waals surface area (Å²) in [4.78, 5) is 4.42. The number of aliphatic hydroxyl groups excluding tert-OH is 1. The average Bonchev–Trinajstić information content (AvgIpc) is 3.00. The van der Waals surface area contributed by atoms with E-state index in [0.29, 0.717) is 5.92 Å². The van der Waals surface area contributed by atoms with Crippen molar-refractivity contribution in [2.45, 2.75) is 65.4 Å². The zero-order valence-corrected chi connectivity index (χ0v) is 16.8. The lowest BCUT2D eigenvalue weighted by molar-refractivity contribution is 0.0369. The van der Waals surface area contributed by atoms with Crippen LogP contribution in [-0.2, 0) is 0 Å². The van der Waals surface area contributed by atoms with Crippen LogP contribution in [0.2, 0.25) is 0 Å². The van der Waals surface area contributed by atoms with Crippen LogP contribution >= 0.6 is 0 Å². The van der Waals surface area contributed by atoms with Gasteiger partial charge < -0.3 is 5.11 Å². The third-order valence-electron chi connectivity index (χ3n) is 8.45. The Morgan fingerprint density at radius 1 is 1.15 bits per heavy atom. The predicted octanol–water partition coefficient (Wildman–Crippen LogP) is 5.63. The van der Waals surface area contributed by atoms with Gasteiger partial charge in [-0.05, 0) is 85.5 Å². The first-order valence-electron chi connectivity index (χ1n) is 10.6. The zero-order chi connectivity index (χ0) is 18.8. The van der Waals surface area contributed by atoms with Crippen LogP contribution in [-0.4, -0.2) is 16.2 Å². The molecule has 1 N–H and O–H groups in total. The first-order valence-corrected chi connectivity index (χ1v) is 10.6. The van der Waals surface area contributed by atoms with Crippen molar-refractivity contribution in [3.63, 3.8) is 0 Å². The van der Waals surface area contributed by atoms with E-state index in [-0.39, 0.29) is 16.9 Å². The Kier molecular flexibility index (Phi) is 3.82. The van der Waals surface area contributed by atoms with Gasteiger partial charge in [0, 0.05) is 17.8 Å². The summed E-state index contributed by atoms with van der Waals surface area (Å²) in [6, 6.07) is 2.13. The molecule has 0 radical (unpaired) electrons. The van der Waals surface area contributed by atoms with Gasteiger partial charge in [0.2, 0.25) is 0 Å². The summed E-state index contributed by atoms with van der Waals surface area (Å²) in [5.74, 6) is 1.38. The van der Waals surface area contributed by atoms with Crippen LogP contribution in [0.15, 0.2) is 47.8 Å². The van der Waals surface area contributed by atoms with Gasteiger partial charge in [-0.25, -0.2) is 0 Å². The number of fused-ring (bicyclic) bond motifs is 5. The molecule has 5 rings (SSSR count). The lowest BCUT2D eigenvalue weighted by Crippen LogP contribution is -2.47. The molecule has 142 valence electrons. The van der Waals surface area contributed by atoms with Crippen molar-refractivity contribution >= 4 is 5.57 Å². The topological polar surface area (TPSA) is 33.1 Å². The van der Waals surface area contributed by atoms with Gasteiger partial charge in [-0.1, -0.05) is 43.2 Å². The third-order valence-corrected chi connectivity index (χ3v) is 8.45. The molecule has 2 saturated carbocycles. The van der Waals surface area contributed by atoms with E-state index in [1.165, 1.54) is 29.5 Å². The number of allylic oxidation sites excluding steroid dienone is 5. The SMILES string of the molecule is Cc1ccncc1C1=CC=C2[C@@H]3CC=C4C[C@@H](O)CC[C@]4(C)[C@H]3CC[C@]12C. The summed E-state index contributed by atoms with van der Waals surface area (Å²) in [5.41, 5.74) is 7.76. The monoisotopic (exact) mass is 361 g/mol. The number of pyridine rings is 1. The quantitative estimate of drug-likeness (QED) is 0.658. The molecule has 0 unspecified atom stereocenters. The van der Waals surface area contributed by atoms with E-state index < -0.39 is 0 Å². The summed E-state index contributed by atoms with van der Waals surface area (Å²) >= 11 is 0. The van der Waals surface area contributed by atoms with Gasteiger partial charge in [-0.15, -0.1) is 0 Å². The van der Waals surface area contributed by atoms with Gasteiger partial charge in [-0.3, -0.25) is 4.98 Å². The lowest BCUT2D eigenvalue weighted by atomic mass is 9.49. The number of rotatable bonds is 1. The predicted molar refractivity (Wildman–Crippen MR) is 110 cm³/mol. The Labute approximate surface area is 163 Å². The van der Waals surface area contributed by atoms with Crippen molar-refractivity contribution in [2.24, 2.45) is 22.7 Å². The number of aliphatic hydroxyl groups is 1. The molecule has 2 nitrogen and oxygen atoms in total. The molecule has 1 heterocycles. The Morgan fingerprint density at radius 3 is 2.81 bits per heavy atom. The molecule has 0 aromatic carbocycles. The number of hydrogen-bond donors (Lipinski definition) is 1. The molecule has 0 aliphatic heterocycles. The van der Waals surface area contributed by atoms with Crippen LogP contribution in [0, 0.1) is 29.6 Å². The number of nitrogens with zero attached hydrogens (tertiary/aromatic N) is 1.